The van der Waals surface area contributed by atoms with Gasteiger partial charge in [0.05, 0.1) is 5.56 Å². The molecule has 1 aliphatic heterocycles. The molecule has 0 unspecified atom stereocenters. The lowest BCUT2D eigenvalue weighted by Gasteiger charge is -2.36. The number of nitrogens with zero attached hydrogens (tertiary/aromatic N) is 2. The van der Waals surface area contributed by atoms with Crippen molar-refractivity contribution in [1.29, 1.82) is 0 Å². The monoisotopic (exact) mass is 300 g/mol. The average Bonchev–Trinajstić information content (AvgIpc) is 2.45. The Balaban J connectivity index is 2.22. The maximum absolute atomic E-state index is 12.9. The molecule has 1 amide bonds. The summed E-state index contributed by atoms with van der Waals surface area (Å²) in [6, 6.07) is 3.68. The van der Waals surface area contributed by atoms with Crippen molar-refractivity contribution >= 4 is 17.9 Å². The fraction of sp³-hybridized carbons (Fsp3) is 0.429. The SMILES string of the molecule is CC(=O)N1CCN(c2ccc(C=O)c(C(F)(F)F)c2)CC1. The van der Waals surface area contributed by atoms with Crippen LogP contribution in [0.15, 0.2) is 18.2 Å². The first-order chi connectivity index (χ1) is 9.82. The van der Waals surface area contributed by atoms with E-state index in [0.717, 1.165) is 6.07 Å². The Morgan fingerprint density at radius 1 is 1.19 bits per heavy atom. The number of piperazine rings is 1. The van der Waals surface area contributed by atoms with Gasteiger partial charge < -0.3 is 9.80 Å². The van der Waals surface area contributed by atoms with E-state index in [1.807, 2.05) is 0 Å². The smallest absolute Gasteiger partial charge is 0.368 e. The van der Waals surface area contributed by atoms with E-state index in [4.69, 9.17) is 0 Å². The van der Waals surface area contributed by atoms with Gasteiger partial charge in [0.1, 0.15) is 0 Å². The molecule has 1 fully saturated rings. The molecule has 2 rings (SSSR count). The number of carbonyl (C=O) groups excluding carboxylic acids is 2. The largest absolute Gasteiger partial charge is 0.417 e. The minimum Gasteiger partial charge on any atom is -0.368 e. The van der Waals surface area contributed by atoms with Gasteiger partial charge in [-0.3, -0.25) is 9.59 Å². The highest BCUT2D eigenvalue weighted by Crippen LogP contribution is 2.34. The average molecular weight is 300 g/mol. The molecule has 1 aromatic rings. The van der Waals surface area contributed by atoms with E-state index < -0.39 is 11.7 Å². The highest BCUT2D eigenvalue weighted by atomic mass is 19.4. The Morgan fingerprint density at radius 2 is 1.81 bits per heavy atom. The third-order valence-electron chi connectivity index (χ3n) is 3.56. The molecule has 0 aromatic heterocycles. The van der Waals surface area contributed by atoms with Gasteiger partial charge in [0.2, 0.25) is 5.91 Å². The Labute approximate surface area is 120 Å². The number of alkyl halides is 3. The summed E-state index contributed by atoms with van der Waals surface area (Å²) in [5, 5.41) is 0. The Kier molecular flexibility index (Phi) is 4.20. The number of hydrogen-bond acceptors (Lipinski definition) is 3. The zero-order valence-corrected chi connectivity index (χ0v) is 11.5. The van der Waals surface area contributed by atoms with Gasteiger partial charge in [-0.1, -0.05) is 0 Å². The van der Waals surface area contributed by atoms with Crippen LogP contribution in [0.3, 0.4) is 0 Å². The van der Waals surface area contributed by atoms with Gasteiger partial charge in [0.15, 0.2) is 6.29 Å². The van der Waals surface area contributed by atoms with Crippen LogP contribution in [0.4, 0.5) is 18.9 Å². The molecule has 0 atom stereocenters. The first kappa shape index (κ1) is 15.3. The predicted octanol–water partition coefficient (Wildman–Crippen LogP) is 2.19. The second kappa shape index (κ2) is 5.75. The summed E-state index contributed by atoms with van der Waals surface area (Å²) in [7, 11) is 0. The molecule has 114 valence electrons. The summed E-state index contributed by atoms with van der Waals surface area (Å²) in [5.74, 6) is -0.0399. The van der Waals surface area contributed by atoms with Crippen molar-refractivity contribution in [2.75, 3.05) is 31.1 Å². The summed E-state index contributed by atoms with van der Waals surface area (Å²) in [4.78, 5) is 25.4. The van der Waals surface area contributed by atoms with Gasteiger partial charge >= 0.3 is 6.18 Å². The molecule has 21 heavy (non-hydrogen) atoms. The van der Waals surface area contributed by atoms with E-state index in [-0.39, 0.29) is 17.8 Å². The van der Waals surface area contributed by atoms with E-state index in [9.17, 15) is 22.8 Å². The molecule has 4 nitrogen and oxygen atoms in total. The summed E-state index contributed by atoms with van der Waals surface area (Å²) in [5.41, 5.74) is -0.881. The number of carbonyl (C=O) groups is 2. The number of hydrogen-bond donors (Lipinski definition) is 0. The number of aldehydes is 1. The first-order valence-electron chi connectivity index (χ1n) is 6.50. The van der Waals surface area contributed by atoms with Crippen molar-refractivity contribution < 1.29 is 22.8 Å². The fourth-order valence-electron chi connectivity index (χ4n) is 2.37. The minimum absolute atomic E-state index is 0.0399. The Morgan fingerprint density at radius 3 is 2.29 bits per heavy atom. The van der Waals surface area contributed by atoms with Crippen LogP contribution in [0.2, 0.25) is 0 Å². The van der Waals surface area contributed by atoms with Crippen molar-refractivity contribution in [1.82, 2.24) is 4.90 Å². The van der Waals surface area contributed by atoms with Gasteiger partial charge in [-0.15, -0.1) is 0 Å². The van der Waals surface area contributed by atoms with E-state index in [1.165, 1.54) is 19.1 Å². The molecule has 1 saturated heterocycles. The number of halogens is 3. The Hall–Kier alpha value is -2.05. The fourth-order valence-corrected chi connectivity index (χ4v) is 2.37. The lowest BCUT2D eigenvalue weighted by molar-refractivity contribution is -0.137. The van der Waals surface area contributed by atoms with Gasteiger partial charge in [0.25, 0.3) is 0 Å². The molecule has 1 aromatic carbocycles. The van der Waals surface area contributed by atoms with Crippen LogP contribution < -0.4 is 4.90 Å². The third-order valence-corrected chi connectivity index (χ3v) is 3.56. The van der Waals surface area contributed by atoms with Crippen LogP contribution in [0.5, 0.6) is 0 Å². The normalized spacial score (nSPS) is 16.0. The van der Waals surface area contributed by atoms with Crippen LogP contribution in [0, 0.1) is 0 Å². The van der Waals surface area contributed by atoms with Gasteiger partial charge in [0, 0.05) is 44.4 Å². The molecule has 0 aliphatic carbocycles. The van der Waals surface area contributed by atoms with Crippen LogP contribution in [-0.2, 0) is 11.0 Å². The quantitative estimate of drug-likeness (QED) is 0.786. The van der Waals surface area contributed by atoms with Crippen LogP contribution in [0.25, 0.3) is 0 Å². The third kappa shape index (κ3) is 3.34. The Bertz CT molecular complexity index is 550. The van der Waals surface area contributed by atoms with Crippen molar-refractivity contribution in [2.24, 2.45) is 0 Å². The summed E-state index contributed by atoms with van der Waals surface area (Å²) in [6.45, 7) is 3.36. The van der Waals surface area contributed by atoms with Crippen LogP contribution in [0.1, 0.15) is 22.8 Å². The number of rotatable bonds is 2. The number of benzene rings is 1. The van der Waals surface area contributed by atoms with E-state index in [2.05, 4.69) is 0 Å². The molecule has 7 heteroatoms. The highest BCUT2D eigenvalue weighted by molar-refractivity contribution is 5.79. The van der Waals surface area contributed by atoms with Crippen LogP contribution >= 0.6 is 0 Å². The first-order valence-corrected chi connectivity index (χ1v) is 6.50. The number of amides is 1. The van der Waals surface area contributed by atoms with Gasteiger partial charge in [-0.25, -0.2) is 0 Å². The van der Waals surface area contributed by atoms with Gasteiger partial charge in [-0.05, 0) is 18.2 Å². The maximum Gasteiger partial charge on any atom is 0.417 e. The minimum atomic E-state index is -4.56. The van der Waals surface area contributed by atoms with E-state index in [1.54, 1.807) is 9.80 Å². The molecule has 0 N–H and O–H groups in total. The molecule has 0 bridgehead atoms. The molecular formula is C14H15F3N2O2. The second-order valence-corrected chi connectivity index (χ2v) is 4.88. The van der Waals surface area contributed by atoms with E-state index >= 15 is 0 Å². The zero-order chi connectivity index (χ0) is 15.6. The van der Waals surface area contributed by atoms with Crippen molar-refractivity contribution in [3.63, 3.8) is 0 Å². The summed E-state index contributed by atoms with van der Waals surface area (Å²) < 4.78 is 38.8. The summed E-state index contributed by atoms with van der Waals surface area (Å²) in [6.07, 6.45) is -4.35. The topological polar surface area (TPSA) is 40.6 Å². The number of anilines is 1. The molecular weight excluding hydrogens is 285 g/mol. The van der Waals surface area contributed by atoms with Crippen molar-refractivity contribution in [3.05, 3.63) is 29.3 Å². The van der Waals surface area contributed by atoms with E-state index in [0.29, 0.717) is 31.9 Å². The van der Waals surface area contributed by atoms with Crippen molar-refractivity contribution in [2.45, 2.75) is 13.1 Å². The molecule has 0 radical (unpaired) electrons. The maximum atomic E-state index is 12.9. The predicted molar refractivity (Wildman–Crippen MR) is 71.3 cm³/mol. The highest BCUT2D eigenvalue weighted by Gasteiger charge is 2.34. The van der Waals surface area contributed by atoms with Crippen LogP contribution in [-0.4, -0.2) is 43.3 Å². The second-order valence-electron chi connectivity index (χ2n) is 4.88. The van der Waals surface area contributed by atoms with Crippen molar-refractivity contribution in [3.8, 4) is 0 Å². The standard InChI is InChI=1S/C14H15F3N2O2/c1-10(21)18-4-6-19(7-5-18)12-3-2-11(9-20)13(8-12)14(15,16)17/h2-3,8-9H,4-7H2,1H3. The lowest BCUT2D eigenvalue weighted by Crippen LogP contribution is -2.48. The molecule has 0 spiro atoms. The zero-order valence-electron chi connectivity index (χ0n) is 11.5. The molecule has 1 aliphatic rings. The summed E-state index contributed by atoms with van der Waals surface area (Å²) >= 11 is 0. The lowest BCUT2D eigenvalue weighted by atomic mass is 10.1. The molecule has 0 saturated carbocycles. The van der Waals surface area contributed by atoms with Gasteiger partial charge in [-0.2, -0.15) is 13.2 Å². The molecule has 1 heterocycles.